The SMILES string of the molecule is C[C@H](O)C(=O)NCC(F)F. The van der Waals surface area contributed by atoms with Crippen molar-refractivity contribution in [3.63, 3.8) is 0 Å². The molecular weight excluding hydrogens is 144 g/mol. The van der Waals surface area contributed by atoms with Crippen molar-refractivity contribution < 1.29 is 18.7 Å². The Labute approximate surface area is 57.0 Å². The van der Waals surface area contributed by atoms with Gasteiger partial charge in [0.05, 0.1) is 6.54 Å². The van der Waals surface area contributed by atoms with Gasteiger partial charge in [0.2, 0.25) is 5.91 Å². The van der Waals surface area contributed by atoms with Crippen LogP contribution >= 0.6 is 0 Å². The van der Waals surface area contributed by atoms with Crippen molar-refractivity contribution in [3.8, 4) is 0 Å². The fourth-order valence-corrected chi connectivity index (χ4v) is 0.325. The summed E-state index contributed by atoms with van der Waals surface area (Å²) in [7, 11) is 0. The molecule has 2 N–H and O–H groups in total. The zero-order valence-electron chi connectivity index (χ0n) is 5.47. The molecule has 0 bridgehead atoms. The summed E-state index contributed by atoms with van der Waals surface area (Å²) in [4.78, 5) is 10.4. The summed E-state index contributed by atoms with van der Waals surface area (Å²) >= 11 is 0. The van der Waals surface area contributed by atoms with Crippen molar-refractivity contribution >= 4 is 5.91 Å². The van der Waals surface area contributed by atoms with Gasteiger partial charge in [0.15, 0.2) is 0 Å². The van der Waals surface area contributed by atoms with Gasteiger partial charge in [0.1, 0.15) is 6.10 Å². The van der Waals surface area contributed by atoms with Crippen molar-refractivity contribution in [1.29, 1.82) is 0 Å². The highest BCUT2D eigenvalue weighted by molar-refractivity contribution is 5.79. The predicted molar refractivity (Wildman–Crippen MR) is 30.7 cm³/mol. The van der Waals surface area contributed by atoms with Gasteiger partial charge < -0.3 is 10.4 Å². The minimum Gasteiger partial charge on any atom is -0.384 e. The molecule has 0 rings (SSSR count). The van der Waals surface area contributed by atoms with Crippen molar-refractivity contribution in [2.75, 3.05) is 6.54 Å². The van der Waals surface area contributed by atoms with Crippen LogP contribution in [-0.2, 0) is 4.79 Å². The summed E-state index contributed by atoms with van der Waals surface area (Å²) in [6, 6.07) is 0. The van der Waals surface area contributed by atoms with E-state index in [1.165, 1.54) is 6.92 Å². The lowest BCUT2D eigenvalue weighted by Gasteiger charge is -2.04. The molecule has 0 heterocycles. The second kappa shape index (κ2) is 4.16. The summed E-state index contributed by atoms with van der Waals surface area (Å²) < 4.78 is 22.7. The van der Waals surface area contributed by atoms with Crippen LogP contribution in [0.5, 0.6) is 0 Å². The van der Waals surface area contributed by atoms with Crippen LogP contribution in [0.1, 0.15) is 6.92 Å². The maximum absolute atomic E-state index is 11.4. The number of nitrogens with one attached hydrogen (secondary N) is 1. The van der Waals surface area contributed by atoms with E-state index < -0.39 is 25.0 Å². The molecule has 0 aromatic heterocycles. The number of rotatable bonds is 3. The molecule has 0 aliphatic rings. The molecule has 0 saturated heterocycles. The van der Waals surface area contributed by atoms with E-state index in [1.54, 1.807) is 0 Å². The average molecular weight is 153 g/mol. The van der Waals surface area contributed by atoms with E-state index in [0.29, 0.717) is 0 Å². The number of hydrogen-bond donors (Lipinski definition) is 2. The number of amides is 1. The Bertz CT molecular complexity index is 116. The molecular formula is C5H9F2NO2. The topological polar surface area (TPSA) is 49.3 Å². The van der Waals surface area contributed by atoms with Gasteiger partial charge in [-0.2, -0.15) is 0 Å². The largest absolute Gasteiger partial charge is 0.384 e. The first-order valence-corrected chi connectivity index (χ1v) is 2.78. The van der Waals surface area contributed by atoms with Gasteiger partial charge >= 0.3 is 0 Å². The third kappa shape index (κ3) is 4.20. The fourth-order valence-electron chi connectivity index (χ4n) is 0.325. The number of aliphatic hydroxyl groups excluding tert-OH is 1. The van der Waals surface area contributed by atoms with Crippen LogP contribution in [-0.4, -0.2) is 30.1 Å². The number of carbonyl (C=O) groups is 1. The highest BCUT2D eigenvalue weighted by atomic mass is 19.3. The molecule has 0 radical (unpaired) electrons. The first-order chi connectivity index (χ1) is 4.54. The number of halogens is 2. The zero-order valence-corrected chi connectivity index (χ0v) is 5.47. The normalized spacial score (nSPS) is 13.3. The lowest BCUT2D eigenvalue weighted by molar-refractivity contribution is -0.129. The number of alkyl halides is 2. The maximum Gasteiger partial charge on any atom is 0.255 e. The molecule has 0 aromatic rings. The molecule has 0 saturated carbocycles. The molecule has 0 unspecified atom stereocenters. The van der Waals surface area contributed by atoms with Crippen LogP contribution < -0.4 is 5.32 Å². The lowest BCUT2D eigenvalue weighted by Crippen LogP contribution is -2.35. The molecule has 5 heteroatoms. The molecule has 1 atom stereocenters. The summed E-state index contributed by atoms with van der Waals surface area (Å²) in [5.74, 6) is -0.777. The van der Waals surface area contributed by atoms with Gasteiger partial charge in [-0.25, -0.2) is 8.78 Å². The number of hydrogen-bond acceptors (Lipinski definition) is 2. The summed E-state index contributed by atoms with van der Waals surface area (Å²) in [5.41, 5.74) is 0. The van der Waals surface area contributed by atoms with E-state index in [-0.39, 0.29) is 0 Å². The zero-order chi connectivity index (χ0) is 8.15. The minimum atomic E-state index is -2.57. The molecule has 60 valence electrons. The molecule has 3 nitrogen and oxygen atoms in total. The van der Waals surface area contributed by atoms with Crippen molar-refractivity contribution in [2.45, 2.75) is 19.5 Å². The second-order valence-corrected chi connectivity index (χ2v) is 1.81. The van der Waals surface area contributed by atoms with Gasteiger partial charge in [0.25, 0.3) is 6.43 Å². The Morgan fingerprint density at radius 2 is 2.20 bits per heavy atom. The first-order valence-electron chi connectivity index (χ1n) is 2.78. The molecule has 0 aliphatic heterocycles. The van der Waals surface area contributed by atoms with E-state index >= 15 is 0 Å². The van der Waals surface area contributed by atoms with E-state index in [9.17, 15) is 13.6 Å². The van der Waals surface area contributed by atoms with E-state index in [0.717, 1.165) is 0 Å². The quantitative estimate of drug-likeness (QED) is 0.587. The lowest BCUT2D eigenvalue weighted by atomic mass is 10.4. The third-order valence-corrected chi connectivity index (χ3v) is 0.810. The fraction of sp³-hybridized carbons (Fsp3) is 0.800. The van der Waals surface area contributed by atoms with Crippen LogP contribution in [0.15, 0.2) is 0 Å². The maximum atomic E-state index is 11.4. The molecule has 0 fully saturated rings. The van der Waals surface area contributed by atoms with Gasteiger partial charge in [-0.05, 0) is 6.92 Å². The highest BCUT2D eigenvalue weighted by Gasteiger charge is 2.10. The van der Waals surface area contributed by atoms with E-state index in [4.69, 9.17) is 5.11 Å². The average Bonchev–Trinajstić information content (AvgIpc) is 1.82. The van der Waals surface area contributed by atoms with Gasteiger partial charge in [-0.1, -0.05) is 0 Å². The van der Waals surface area contributed by atoms with Crippen LogP contribution in [0.2, 0.25) is 0 Å². The number of carbonyl (C=O) groups excluding carboxylic acids is 1. The monoisotopic (exact) mass is 153 g/mol. The third-order valence-electron chi connectivity index (χ3n) is 0.810. The van der Waals surface area contributed by atoms with Crippen LogP contribution in [0, 0.1) is 0 Å². The molecule has 0 aromatic carbocycles. The molecule has 0 spiro atoms. The van der Waals surface area contributed by atoms with Crippen molar-refractivity contribution in [2.24, 2.45) is 0 Å². The second-order valence-electron chi connectivity index (χ2n) is 1.81. The summed E-state index contributed by atoms with van der Waals surface area (Å²) in [6.07, 6.45) is -3.79. The highest BCUT2D eigenvalue weighted by Crippen LogP contribution is 1.88. The van der Waals surface area contributed by atoms with Gasteiger partial charge in [-0.15, -0.1) is 0 Å². The Hall–Kier alpha value is -0.710. The van der Waals surface area contributed by atoms with E-state index in [2.05, 4.69) is 0 Å². The van der Waals surface area contributed by atoms with Crippen molar-refractivity contribution in [3.05, 3.63) is 0 Å². The van der Waals surface area contributed by atoms with Crippen LogP contribution in [0.4, 0.5) is 8.78 Å². The Morgan fingerprint density at radius 3 is 2.50 bits per heavy atom. The Morgan fingerprint density at radius 1 is 1.70 bits per heavy atom. The minimum absolute atomic E-state index is 0.705. The smallest absolute Gasteiger partial charge is 0.255 e. The molecule has 0 aliphatic carbocycles. The first kappa shape index (κ1) is 9.29. The van der Waals surface area contributed by atoms with Gasteiger partial charge in [-0.3, -0.25) is 4.79 Å². The van der Waals surface area contributed by atoms with Crippen LogP contribution in [0.25, 0.3) is 0 Å². The molecule has 10 heavy (non-hydrogen) atoms. The standard InChI is InChI=1S/C5H9F2NO2/c1-3(9)5(10)8-2-4(6)7/h3-4,9H,2H2,1H3,(H,8,10)/t3-/m0/s1. The Balaban J connectivity index is 3.40. The number of aliphatic hydroxyl groups is 1. The van der Waals surface area contributed by atoms with E-state index in [1.807, 2.05) is 5.32 Å². The summed E-state index contributed by atoms with van der Waals surface area (Å²) in [5, 5.41) is 10.3. The van der Waals surface area contributed by atoms with Crippen molar-refractivity contribution in [1.82, 2.24) is 5.32 Å². The summed E-state index contributed by atoms with van der Waals surface area (Å²) in [6.45, 7) is 0.505. The predicted octanol–water partition coefficient (Wildman–Crippen LogP) is -0.252. The Kier molecular flexibility index (Phi) is 3.87. The van der Waals surface area contributed by atoms with Crippen LogP contribution in [0.3, 0.4) is 0 Å². The van der Waals surface area contributed by atoms with Gasteiger partial charge in [0, 0.05) is 0 Å². The molecule has 1 amide bonds.